The van der Waals surface area contributed by atoms with E-state index in [1.165, 1.54) is 12.1 Å². The van der Waals surface area contributed by atoms with Crippen LogP contribution in [-0.4, -0.2) is 42.5 Å². The number of likely N-dealkylation sites (N-methyl/N-ethyl adjacent to an activating group) is 1. The van der Waals surface area contributed by atoms with Crippen molar-refractivity contribution in [1.82, 2.24) is 10.2 Å². The molecule has 0 unspecified atom stereocenters. The Morgan fingerprint density at radius 1 is 1.25 bits per heavy atom. The summed E-state index contributed by atoms with van der Waals surface area (Å²) < 4.78 is 18.3. The zero-order chi connectivity index (χ0) is 17.7. The van der Waals surface area contributed by atoms with Gasteiger partial charge in [0, 0.05) is 0 Å². The molecule has 1 aliphatic heterocycles. The van der Waals surface area contributed by atoms with Crippen molar-refractivity contribution in [2.45, 2.75) is 51.3 Å². The normalized spacial score (nSPS) is 20.9. The van der Waals surface area contributed by atoms with Gasteiger partial charge in [-0.25, -0.2) is 4.39 Å². The number of halogens is 1. The van der Waals surface area contributed by atoms with E-state index in [9.17, 15) is 14.0 Å². The first kappa shape index (κ1) is 18.4. The summed E-state index contributed by atoms with van der Waals surface area (Å²) in [5.74, 6) is -1.04. The summed E-state index contributed by atoms with van der Waals surface area (Å²) >= 11 is 0. The largest absolute Gasteiger partial charge is 0.451 e. The van der Waals surface area contributed by atoms with Gasteiger partial charge in [0.1, 0.15) is 11.9 Å². The molecule has 1 N–H and O–H groups in total. The van der Waals surface area contributed by atoms with Crippen molar-refractivity contribution >= 4 is 11.9 Å². The molecule has 1 amide bonds. The highest BCUT2D eigenvalue weighted by Gasteiger charge is 2.30. The molecule has 0 bridgehead atoms. The Morgan fingerprint density at radius 3 is 2.54 bits per heavy atom. The molecular weight excluding hydrogens is 311 g/mol. The Morgan fingerprint density at radius 2 is 1.92 bits per heavy atom. The Bertz CT molecular complexity index is 576. The van der Waals surface area contributed by atoms with E-state index in [2.05, 4.69) is 5.32 Å². The number of esters is 1. The fourth-order valence-electron chi connectivity index (χ4n) is 2.84. The van der Waals surface area contributed by atoms with Crippen LogP contribution < -0.4 is 5.32 Å². The van der Waals surface area contributed by atoms with Gasteiger partial charge in [-0.05, 0) is 58.0 Å². The van der Waals surface area contributed by atoms with Gasteiger partial charge < -0.3 is 10.1 Å². The number of ether oxygens (including phenoxy) is 1. The first-order chi connectivity index (χ1) is 11.4. The third-order valence-electron chi connectivity index (χ3n) is 4.43. The number of piperidine rings is 1. The van der Waals surface area contributed by atoms with Crippen LogP contribution in [0.4, 0.5) is 4.39 Å². The lowest BCUT2D eigenvalue weighted by molar-refractivity contribution is -0.160. The van der Waals surface area contributed by atoms with E-state index in [0.717, 1.165) is 31.4 Å². The summed E-state index contributed by atoms with van der Waals surface area (Å²) in [6.07, 6.45) is 1.96. The van der Waals surface area contributed by atoms with Crippen molar-refractivity contribution in [3.63, 3.8) is 0 Å². The van der Waals surface area contributed by atoms with E-state index in [-0.39, 0.29) is 29.8 Å². The molecule has 0 aliphatic carbocycles. The van der Waals surface area contributed by atoms with Gasteiger partial charge in [-0.1, -0.05) is 18.6 Å². The van der Waals surface area contributed by atoms with Gasteiger partial charge in [-0.3, -0.25) is 14.5 Å². The Kier molecular flexibility index (Phi) is 6.31. The summed E-state index contributed by atoms with van der Waals surface area (Å²) in [5.41, 5.74) is 0.787. The van der Waals surface area contributed by atoms with Gasteiger partial charge in [0.05, 0.1) is 6.04 Å². The number of rotatable bonds is 5. The highest BCUT2D eigenvalue weighted by Crippen LogP contribution is 2.17. The van der Waals surface area contributed by atoms with Crippen molar-refractivity contribution in [3.05, 3.63) is 35.6 Å². The van der Waals surface area contributed by atoms with Crippen molar-refractivity contribution in [1.29, 1.82) is 0 Å². The van der Waals surface area contributed by atoms with Gasteiger partial charge in [0.25, 0.3) is 5.91 Å². The fourth-order valence-corrected chi connectivity index (χ4v) is 2.84. The minimum atomic E-state index is -0.865. The maximum atomic E-state index is 12.9. The second kappa shape index (κ2) is 8.24. The maximum Gasteiger partial charge on any atom is 0.324 e. The number of carbonyl (C=O) groups excluding carboxylic acids is 2. The first-order valence-electron chi connectivity index (χ1n) is 8.35. The van der Waals surface area contributed by atoms with Gasteiger partial charge in [-0.2, -0.15) is 0 Å². The summed E-state index contributed by atoms with van der Waals surface area (Å²) in [4.78, 5) is 26.4. The standard InChI is InChI=1S/C18H25FN2O3/c1-12(14-7-9-15(19)10-8-14)20-17(22)13(2)24-18(23)16-6-4-5-11-21(16)3/h7-10,12-13,16H,4-6,11H2,1-3H3,(H,20,22)/t12-,13-,16+/m0/s1. The molecule has 1 saturated heterocycles. The van der Waals surface area contributed by atoms with Crippen LogP contribution in [0.2, 0.25) is 0 Å². The third kappa shape index (κ3) is 4.77. The lowest BCUT2D eigenvalue weighted by atomic mass is 10.0. The number of nitrogens with one attached hydrogen (secondary N) is 1. The molecule has 0 saturated carbocycles. The van der Waals surface area contributed by atoms with E-state index in [4.69, 9.17) is 4.74 Å². The van der Waals surface area contributed by atoms with Crippen molar-refractivity contribution < 1.29 is 18.7 Å². The zero-order valence-corrected chi connectivity index (χ0v) is 14.4. The predicted octanol–water partition coefficient (Wildman–Crippen LogP) is 2.42. The number of hydrogen-bond acceptors (Lipinski definition) is 4. The average Bonchev–Trinajstić information content (AvgIpc) is 2.55. The monoisotopic (exact) mass is 336 g/mol. The Labute approximate surface area is 142 Å². The number of likely N-dealkylation sites (tertiary alicyclic amines) is 1. The zero-order valence-electron chi connectivity index (χ0n) is 14.4. The van der Waals surface area contributed by atoms with E-state index >= 15 is 0 Å². The molecule has 6 heteroatoms. The van der Waals surface area contributed by atoms with Crippen LogP contribution in [0.1, 0.15) is 44.7 Å². The Hall–Kier alpha value is -1.95. The molecule has 132 valence electrons. The van der Waals surface area contributed by atoms with E-state index in [1.807, 2.05) is 11.9 Å². The van der Waals surface area contributed by atoms with Crippen LogP contribution in [-0.2, 0) is 14.3 Å². The number of nitrogens with zero attached hydrogens (tertiary/aromatic N) is 1. The van der Waals surface area contributed by atoms with Gasteiger partial charge in [0.15, 0.2) is 6.10 Å². The number of carbonyl (C=O) groups is 2. The quantitative estimate of drug-likeness (QED) is 0.839. The van der Waals surface area contributed by atoms with Crippen molar-refractivity contribution in [2.24, 2.45) is 0 Å². The molecule has 1 heterocycles. The van der Waals surface area contributed by atoms with Crippen LogP contribution in [0.25, 0.3) is 0 Å². The fraction of sp³-hybridized carbons (Fsp3) is 0.556. The van der Waals surface area contributed by atoms with Gasteiger partial charge in [0.2, 0.25) is 0 Å². The van der Waals surface area contributed by atoms with Crippen LogP contribution in [0.15, 0.2) is 24.3 Å². The molecular formula is C18H25FN2O3. The predicted molar refractivity (Wildman–Crippen MR) is 88.8 cm³/mol. The second-order valence-corrected chi connectivity index (χ2v) is 6.35. The minimum absolute atomic E-state index is 0.275. The van der Waals surface area contributed by atoms with Crippen LogP contribution in [0.5, 0.6) is 0 Å². The summed E-state index contributed by atoms with van der Waals surface area (Å²) in [6, 6.07) is 5.36. The lowest BCUT2D eigenvalue weighted by Gasteiger charge is -2.31. The lowest BCUT2D eigenvalue weighted by Crippen LogP contribution is -2.46. The molecule has 1 aromatic rings. The molecule has 0 aromatic heterocycles. The number of benzene rings is 1. The van der Waals surface area contributed by atoms with E-state index < -0.39 is 6.10 Å². The maximum absolute atomic E-state index is 12.9. The molecule has 0 spiro atoms. The summed E-state index contributed by atoms with van der Waals surface area (Å²) in [5, 5.41) is 2.78. The molecule has 24 heavy (non-hydrogen) atoms. The van der Waals surface area contributed by atoms with Gasteiger partial charge >= 0.3 is 5.97 Å². The van der Waals surface area contributed by atoms with Crippen molar-refractivity contribution in [3.8, 4) is 0 Å². The SMILES string of the molecule is C[C@H](OC(=O)[C@H]1CCCCN1C)C(=O)N[C@@H](C)c1ccc(F)cc1. The highest BCUT2D eigenvalue weighted by molar-refractivity contribution is 5.85. The molecule has 3 atom stereocenters. The Balaban J connectivity index is 1.87. The van der Waals surface area contributed by atoms with E-state index in [0.29, 0.717) is 0 Å². The summed E-state index contributed by atoms with van der Waals surface area (Å²) in [6.45, 7) is 4.23. The molecule has 0 radical (unpaired) electrons. The van der Waals surface area contributed by atoms with Gasteiger partial charge in [-0.15, -0.1) is 0 Å². The minimum Gasteiger partial charge on any atom is -0.451 e. The summed E-state index contributed by atoms with van der Waals surface area (Å²) in [7, 11) is 1.90. The van der Waals surface area contributed by atoms with Crippen LogP contribution in [0, 0.1) is 5.82 Å². The first-order valence-corrected chi connectivity index (χ1v) is 8.35. The number of hydrogen-bond donors (Lipinski definition) is 1. The topological polar surface area (TPSA) is 58.6 Å². The number of amides is 1. The molecule has 1 aromatic carbocycles. The average molecular weight is 336 g/mol. The van der Waals surface area contributed by atoms with Crippen molar-refractivity contribution in [2.75, 3.05) is 13.6 Å². The molecule has 2 rings (SSSR count). The molecule has 1 fully saturated rings. The van der Waals surface area contributed by atoms with Crippen LogP contribution in [0.3, 0.4) is 0 Å². The highest BCUT2D eigenvalue weighted by atomic mass is 19.1. The molecule has 5 nitrogen and oxygen atoms in total. The third-order valence-corrected chi connectivity index (χ3v) is 4.43. The smallest absolute Gasteiger partial charge is 0.324 e. The molecule has 1 aliphatic rings. The van der Waals surface area contributed by atoms with E-state index in [1.54, 1.807) is 26.0 Å². The second-order valence-electron chi connectivity index (χ2n) is 6.35. The van der Waals surface area contributed by atoms with Crippen LogP contribution >= 0.6 is 0 Å².